The zero-order valence-electron chi connectivity index (χ0n) is 16.6. The summed E-state index contributed by atoms with van der Waals surface area (Å²) in [5.41, 5.74) is -0.584. The molecule has 0 radical (unpaired) electrons. The molecule has 0 aliphatic carbocycles. The van der Waals surface area contributed by atoms with Crippen LogP contribution in [0.15, 0.2) is 43.0 Å². The molecular weight excluding hydrogens is 395 g/mol. The summed E-state index contributed by atoms with van der Waals surface area (Å²) in [4.78, 5) is 3.85. The summed E-state index contributed by atoms with van der Waals surface area (Å²) in [6, 6.07) is 5.19. The van der Waals surface area contributed by atoms with E-state index in [2.05, 4.69) is 15.2 Å². The molecule has 2 aromatic carbocycles. The lowest BCUT2D eigenvalue weighted by Gasteiger charge is -2.35. The predicted octanol–water partition coefficient (Wildman–Crippen LogP) is 3.81. The van der Waals surface area contributed by atoms with Gasteiger partial charge in [0.15, 0.2) is 0 Å². The van der Waals surface area contributed by atoms with Gasteiger partial charge in [-0.3, -0.25) is 4.68 Å². The third kappa shape index (κ3) is 3.24. The maximum Gasteiger partial charge on any atom is 0.149 e. The normalized spacial score (nSPS) is 14.8. The second-order valence-electron chi connectivity index (χ2n) is 7.49. The highest BCUT2D eigenvalue weighted by molar-refractivity contribution is 5.83. The summed E-state index contributed by atoms with van der Waals surface area (Å²) < 4.78 is 45.8. The third-order valence-electron chi connectivity index (χ3n) is 5.41. The van der Waals surface area contributed by atoms with Gasteiger partial charge in [-0.05, 0) is 44.5 Å². The van der Waals surface area contributed by atoms with E-state index in [1.165, 1.54) is 34.2 Å². The molecule has 0 fully saturated rings. The second kappa shape index (κ2) is 7.24. The van der Waals surface area contributed by atoms with Gasteiger partial charge in [-0.15, -0.1) is 0 Å². The largest absolute Gasteiger partial charge is 0.381 e. The number of rotatable bonds is 5. The van der Waals surface area contributed by atoms with E-state index in [-0.39, 0.29) is 17.6 Å². The lowest BCUT2D eigenvalue weighted by Crippen LogP contribution is -2.41. The topological polar surface area (TPSA) is 68.8 Å². The molecule has 1 N–H and O–H groups in total. The Kier molecular flexibility index (Phi) is 4.85. The summed E-state index contributed by atoms with van der Waals surface area (Å²) in [5, 5.41) is 20.8. The van der Waals surface area contributed by atoms with Gasteiger partial charge < -0.3 is 5.11 Å². The second-order valence-corrected chi connectivity index (χ2v) is 7.49. The molecule has 2 aromatic heterocycles. The van der Waals surface area contributed by atoms with Gasteiger partial charge in [0.2, 0.25) is 0 Å². The van der Waals surface area contributed by atoms with Crippen LogP contribution >= 0.6 is 0 Å². The van der Waals surface area contributed by atoms with Crippen molar-refractivity contribution in [3.05, 3.63) is 77.3 Å². The molecule has 0 saturated heterocycles. The van der Waals surface area contributed by atoms with E-state index in [1.54, 1.807) is 26.8 Å². The third-order valence-corrected chi connectivity index (χ3v) is 5.41. The standard InChI is InChI=1S/C21H20F3N5O/c1-12-6-16-13(2)27-29(20(16)19(24)7-12)14(3)21(30,9-28-11-25-10-26-28)17-5-4-15(22)8-18(17)23/h4-8,10-11,14,30H,9H2,1-3H3/t14-,21-/m1/s1. The molecule has 30 heavy (non-hydrogen) atoms. The number of benzene rings is 2. The molecule has 156 valence electrons. The van der Waals surface area contributed by atoms with E-state index < -0.39 is 29.1 Å². The van der Waals surface area contributed by atoms with E-state index in [4.69, 9.17) is 0 Å². The molecule has 0 bridgehead atoms. The van der Waals surface area contributed by atoms with Gasteiger partial charge in [-0.2, -0.15) is 10.2 Å². The van der Waals surface area contributed by atoms with Crippen LogP contribution in [0.5, 0.6) is 0 Å². The minimum Gasteiger partial charge on any atom is -0.381 e. The molecule has 4 aromatic rings. The van der Waals surface area contributed by atoms with Gasteiger partial charge >= 0.3 is 0 Å². The molecule has 9 heteroatoms. The summed E-state index contributed by atoms with van der Waals surface area (Å²) >= 11 is 0. The Labute approximate surface area is 170 Å². The quantitative estimate of drug-likeness (QED) is 0.538. The Hall–Kier alpha value is -3.20. The van der Waals surface area contributed by atoms with Crippen LogP contribution in [-0.4, -0.2) is 29.7 Å². The van der Waals surface area contributed by atoms with E-state index in [1.807, 2.05) is 0 Å². The van der Waals surface area contributed by atoms with Gasteiger partial charge in [-0.1, -0.05) is 6.07 Å². The van der Waals surface area contributed by atoms with E-state index in [0.717, 1.165) is 11.6 Å². The lowest BCUT2D eigenvalue weighted by atomic mass is 9.86. The smallest absolute Gasteiger partial charge is 0.149 e. The molecule has 0 aliphatic heterocycles. The Balaban J connectivity index is 1.93. The van der Waals surface area contributed by atoms with Crippen molar-refractivity contribution in [1.29, 1.82) is 0 Å². The van der Waals surface area contributed by atoms with Crippen molar-refractivity contribution in [2.24, 2.45) is 0 Å². The maximum absolute atomic E-state index is 14.9. The maximum atomic E-state index is 14.9. The molecule has 4 rings (SSSR count). The van der Waals surface area contributed by atoms with Crippen LogP contribution in [0.2, 0.25) is 0 Å². The highest BCUT2D eigenvalue weighted by Gasteiger charge is 2.41. The number of fused-ring (bicyclic) bond motifs is 1. The number of aliphatic hydroxyl groups is 1. The van der Waals surface area contributed by atoms with Gasteiger partial charge in [0.25, 0.3) is 0 Å². The summed E-state index contributed by atoms with van der Waals surface area (Å²) in [7, 11) is 0. The van der Waals surface area contributed by atoms with Crippen molar-refractivity contribution in [2.45, 2.75) is 39.0 Å². The van der Waals surface area contributed by atoms with Crippen molar-refractivity contribution < 1.29 is 18.3 Å². The fourth-order valence-corrected chi connectivity index (χ4v) is 3.84. The number of hydrogen-bond acceptors (Lipinski definition) is 4. The molecule has 0 unspecified atom stereocenters. The molecule has 2 atom stereocenters. The Morgan fingerprint density at radius 3 is 2.53 bits per heavy atom. The van der Waals surface area contributed by atoms with E-state index in [0.29, 0.717) is 17.1 Å². The number of nitrogens with zero attached hydrogens (tertiary/aromatic N) is 5. The van der Waals surface area contributed by atoms with Crippen LogP contribution in [0.1, 0.15) is 29.8 Å². The zero-order chi connectivity index (χ0) is 21.6. The van der Waals surface area contributed by atoms with Crippen molar-refractivity contribution in [3.8, 4) is 0 Å². The average molecular weight is 415 g/mol. The van der Waals surface area contributed by atoms with Gasteiger partial charge in [0.1, 0.15) is 41.2 Å². The fourth-order valence-electron chi connectivity index (χ4n) is 3.84. The summed E-state index contributed by atoms with van der Waals surface area (Å²) in [6.45, 7) is 4.91. The summed E-state index contributed by atoms with van der Waals surface area (Å²) in [6.07, 6.45) is 2.65. The zero-order valence-corrected chi connectivity index (χ0v) is 16.6. The van der Waals surface area contributed by atoms with Crippen LogP contribution in [0.3, 0.4) is 0 Å². The highest BCUT2D eigenvalue weighted by Crippen LogP contribution is 2.39. The Bertz CT molecular complexity index is 1220. The predicted molar refractivity (Wildman–Crippen MR) is 104 cm³/mol. The molecular formula is C21H20F3N5O. The Morgan fingerprint density at radius 2 is 1.87 bits per heavy atom. The molecule has 6 nitrogen and oxygen atoms in total. The van der Waals surface area contributed by atoms with Crippen LogP contribution in [-0.2, 0) is 12.1 Å². The SMILES string of the molecule is Cc1cc(F)c2c(c1)c(C)nn2[C@H](C)[C@](O)(Cn1cncn1)c1ccc(F)cc1F. The van der Waals surface area contributed by atoms with Crippen molar-refractivity contribution in [2.75, 3.05) is 0 Å². The fraction of sp³-hybridized carbons (Fsp3) is 0.286. The van der Waals surface area contributed by atoms with E-state index >= 15 is 0 Å². The summed E-state index contributed by atoms with van der Waals surface area (Å²) in [5.74, 6) is -2.19. The number of halogens is 3. The first kappa shape index (κ1) is 20.1. The van der Waals surface area contributed by atoms with Crippen molar-refractivity contribution in [1.82, 2.24) is 24.5 Å². The number of hydrogen-bond donors (Lipinski definition) is 1. The lowest BCUT2D eigenvalue weighted by molar-refractivity contribution is -0.0356. The van der Waals surface area contributed by atoms with Crippen LogP contribution in [0.25, 0.3) is 10.9 Å². The van der Waals surface area contributed by atoms with Gasteiger partial charge in [-0.25, -0.2) is 22.8 Å². The van der Waals surface area contributed by atoms with Crippen molar-refractivity contribution >= 4 is 10.9 Å². The van der Waals surface area contributed by atoms with E-state index in [9.17, 15) is 18.3 Å². The van der Waals surface area contributed by atoms with Crippen molar-refractivity contribution in [3.63, 3.8) is 0 Å². The number of aromatic nitrogens is 5. The van der Waals surface area contributed by atoms with Crippen LogP contribution in [0.4, 0.5) is 13.2 Å². The molecule has 0 aliphatic rings. The van der Waals surface area contributed by atoms with Gasteiger partial charge in [0.05, 0.1) is 18.3 Å². The van der Waals surface area contributed by atoms with Crippen LogP contribution in [0, 0.1) is 31.3 Å². The first-order valence-electron chi connectivity index (χ1n) is 9.36. The minimum atomic E-state index is -1.94. The highest BCUT2D eigenvalue weighted by atomic mass is 19.1. The molecule has 0 saturated carbocycles. The first-order valence-corrected chi connectivity index (χ1v) is 9.36. The first-order chi connectivity index (χ1) is 14.2. The molecule has 0 spiro atoms. The number of aryl methyl sites for hydroxylation is 2. The monoisotopic (exact) mass is 415 g/mol. The van der Waals surface area contributed by atoms with Crippen LogP contribution < -0.4 is 0 Å². The average Bonchev–Trinajstić information content (AvgIpc) is 3.29. The Morgan fingerprint density at radius 1 is 1.10 bits per heavy atom. The minimum absolute atomic E-state index is 0.152. The van der Waals surface area contributed by atoms with Gasteiger partial charge in [0, 0.05) is 17.0 Å². The molecule has 0 amide bonds. The molecule has 2 heterocycles.